The van der Waals surface area contributed by atoms with Crippen LogP contribution in [0.2, 0.25) is 0 Å². The minimum Gasteiger partial charge on any atom is -0.456 e. The van der Waals surface area contributed by atoms with E-state index in [1.165, 1.54) is 60.5 Å². The van der Waals surface area contributed by atoms with Gasteiger partial charge in [-0.15, -0.1) is 0 Å². The monoisotopic (exact) mass is 704 g/mol. The minimum absolute atomic E-state index is 0.922. The normalized spacial score (nSPS) is 11.3. The van der Waals surface area contributed by atoms with Gasteiger partial charge in [0.2, 0.25) is 0 Å². The summed E-state index contributed by atoms with van der Waals surface area (Å²) in [6.45, 7) is 0. The van der Waals surface area contributed by atoms with E-state index in [1.807, 2.05) is 12.1 Å². The summed E-state index contributed by atoms with van der Waals surface area (Å²) < 4.78 is 8.30. The zero-order valence-electron chi connectivity index (χ0n) is 30.1. The first-order valence-electron chi connectivity index (χ1n) is 18.7. The average Bonchev–Trinajstić information content (AvgIpc) is 3.80. The van der Waals surface area contributed by atoms with Crippen molar-refractivity contribution < 1.29 is 4.42 Å². The Morgan fingerprint density at radius 2 is 0.818 bits per heavy atom. The maximum atomic E-state index is 5.97. The van der Waals surface area contributed by atoms with Crippen molar-refractivity contribution in [2.24, 2.45) is 0 Å². The van der Waals surface area contributed by atoms with Crippen LogP contribution in [0.25, 0.3) is 82.5 Å². The molecule has 0 aliphatic rings. The summed E-state index contributed by atoms with van der Waals surface area (Å²) in [5, 5.41) is 11.0. The quantitative estimate of drug-likeness (QED) is 0.193. The number of furan rings is 1. The molecule has 0 saturated heterocycles. The topological polar surface area (TPSA) is 30.1 Å². The Morgan fingerprint density at radius 3 is 1.49 bits per heavy atom. The molecule has 0 radical (unpaired) electrons. The van der Waals surface area contributed by atoms with Crippen LogP contribution in [0, 0.1) is 0 Å². The molecule has 0 spiro atoms. The van der Waals surface area contributed by atoms with Crippen molar-refractivity contribution in [3.05, 3.63) is 212 Å². The average molecular weight is 705 g/mol. The van der Waals surface area contributed by atoms with Crippen molar-refractivity contribution in [2.45, 2.75) is 0 Å². The van der Waals surface area contributed by atoms with Crippen LogP contribution in [0.3, 0.4) is 0 Å². The van der Waals surface area contributed by atoms with Gasteiger partial charge in [-0.2, -0.15) is 0 Å². The Balaban J connectivity index is 0.000000164. The molecule has 0 atom stereocenters. The number of para-hydroxylation sites is 4. The molecule has 0 saturated carbocycles. The highest BCUT2D eigenvalue weighted by molar-refractivity contribution is 6.09. The van der Waals surface area contributed by atoms with Crippen molar-refractivity contribution in [1.29, 1.82) is 0 Å². The summed E-state index contributed by atoms with van der Waals surface area (Å²) in [7, 11) is 0. The van der Waals surface area contributed by atoms with Crippen molar-refractivity contribution in [3.8, 4) is 27.9 Å². The molecular formula is C52H36N2O. The molecule has 9 aromatic carbocycles. The predicted octanol–water partition coefficient (Wildman–Crippen LogP) is 14.6. The van der Waals surface area contributed by atoms with E-state index in [0.29, 0.717) is 0 Å². The third kappa shape index (κ3) is 6.18. The number of benzene rings is 9. The first kappa shape index (κ1) is 32.3. The van der Waals surface area contributed by atoms with Crippen LogP contribution in [0.15, 0.2) is 217 Å². The van der Waals surface area contributed by atoms with Crippen molar-refractivity contribution >= 4 is 65.9 Å². The second-order valence-electron chi connectivity index (χ2n) is 13.9. The third-order valence-corrected chi connectivity index (χ3v) is 10.4. The summed E-state index contributed by atoms with van der Waals surface area (Å²) >= 11 is 0. The first-order chi connectivity index (χ1) is 27.2. The van der Waals surface area contributed by atoms with Gasteiger partial charge in [-0.05, 0) is 106 Å². The zero-order chi connectivity index (χ0) is 36.6. The van der Waals surface area contributed by atoms with Crippen LogP contribution in [0.4, 0.5) is 11.4 Å². The summed E-state index contributed by atoms with van der Waals surface area (Å²) in [5.74, 6) is 0. The van der Waals surface area contributed by atoms with Crippen molar-refractivity contribution in [1.82, 2.24) is 4.57 Å². The second kappa shape index (κ2) is 13.9. The highest BCUT2D eigenvalue weighted by Gasteiger charge is 2.11. The lowest BCUT2D eigenvalue weighted by Crippen LogP contribution is -1.92. The smallest absolute Gasteiger partial charge is 0.135 e. The summed E-state index contributed by atoms with van der Waals surface area (Å²) in [6.07, 6.45) is 0. The Morgan fingerprint density at radius 1 is 0.327 bits per heavy atom. The molecule has 0 fully saturated rings. The maximum absolute atomic E-state index is 5.97. The SMILES string of the molecule is c1ccc(-n2c3ccccc3c3ccccc32)cc1.c1ccc2cc(-c3ccc(Nc4ccc(-c5ccc6oc7ccccc7c6c5)cc4)cc3)ccc2c1. The van der Waals surface area contributed by atoms with Gasteiger partial charge in [0.1, 0.15) is 11.2 Å². The van der Waals surface area contributed by atoms with E-state index < -0.39 is 0 Å². The van der Waals surface area contributed by atoms with Crippen LogP contribution < -0.4 is 5.32 Å². The molecule has 260 valence electrons. The van der Waals surface area contributed by atoms with Gasteiger partial charge in [0, 0.05) is 38.6 Å². The van der Waals surface area contributed by atoms with Gasteiger partial charge in [0.15, 0.2) is 0 Å². The fraction of sp³-hybridized carbons (Fsp3) is 0. The fourth-order valence-corrected chi connectivity index (χ4v) is 7.71. The lowest BCUT2D eigenvalue weighted by atomic mass is 10.0. The highest BCUT2D eigenvalue weighted by Crippen LogP contribution is 2.34. The standard InChI is InChI=1S/C34H23NO.C18H13N/c1-2-6-26-21-27(10-9-23(26)5-1)24-11-16-29(17-12-24)35-30-18-13-25(14-19-30)28-15-20-34-32(22-28)31-7-3-4-8-33(31)36-34;1-2-8-14(9-3-1)19-17-12-6-4-10-15(17)16-11-5-7-13-18(16)19/h1-22,35H;1-13H. The molecule has 0 aliphatic carbocycles. The summed E-state index contributed by atoms with van der Waals surface area (Å²) in [4.78, 5) is 0. The Bertz CT molecular complexity index is 3050. The van der Waals surface area contributed by atoms with Gasteiger partial charge in [-0.25, -0.2) is 0 Å². The predicted molar refractivity (Wildman–Crippen MR) is 233 cm³/mol. The van der Waals surface area contributed by atoms with Crippen LogP contribution >= 0.6 is 0 Å². The van der Waals surface area contributed by atoms with Crippen molar-refractivity contribution in [2.75, 3.05) is 5.32 Å². The molecule has 0 unspecified atom stereocenters. The number of hydrogen-bond donors (Lipinski definition) is 1. The highest BCUT2D eigenvalue weighted by atomic mass is 16.3. The van der Waals surface area contributed by atoms with E-state index in [0.717, 1.165) is 33.3 Å². The minimum atomic E-state index is 0.922. The maximum Gasteiger partial charge on any atom is 0.135 e. The van der Waals surface area contributed by atoms with Gasteiger partial charge in [-0.3, -0.25) is 0 Å². The van der Waals surface area contributed by atoms with Gasteiger partial charge in [0.25, 0.3) is 0 Å². The van der Waals surface area contributed by atoms with Crippen molar-refractivity contribution in [3.63, 3.8) is 0 Å². The number of nitrogens with one attached hydrogen (secondary N) is 1. The molecule has 2 heterocycles. The molecular weight excluding hydrogens is 669 g/mol. The van der Waals surface area contributed by atoms with E-state index in [1.54, 1.807) is 0 Å². The number of hydrogen-bond acceptors (Lipinski definition) is 2. The van der Waals surface area contributed by atoms with Gasteiger partial charge < -0.3 is 14.3 Å². The second-order valence-corrected chi connectivity index (χ2v) is 13.9. The molecule has 11 rings (SSSR count). The van der Waals surface area contributed by atoms with Crippen LogP contribution in [0.1, 0.15) is 0 Å². The molecule has 11 aromatic rings. The number of aromatic nitrogens is 1. The summed E-state index contributed by atoms with van der Waals surface area (Å²) in [5.41, 5.74) is 12.5. The molecule has 55 heavy (non-hydrogen) atoms. The Hall–Kier alpha value is -7.36. The first-order valence-corrected chi connectivity index (χ1v) is 18.7. The third-order valence-electron chi connectivity index (χ3n) is 10.4. The van der Waals surface area contributed by atoms with Crippen LogP contribution in [-0.4, -0.2) is 4.57 Å². The Labute approximate surface area is 319 Å². The lowest BCUT2D eigenvalue weighted by molar-refractivity contribution is 0.669. The van der Waals surface area contributed by atoms with Crippen LogP contribution in [-0.2, 0) is 0 Å². The van der Waals surface area contributed by atoms with Gasteiger partial charge in [-0.1, -0.05) is 140 Å². The largest absolute Gasteiger partial charge is 0.456 e. The number of nitrogens with zero attached hydrogens (tertiary/aromatic N) is 1. The fourth-order valence-electron chi connectivity index (χ4n) is 7.71. The van der Waals surface area contributed by atoms with E-state index in [2.05, 4.69) is 210 Å². The van der Waals surface area contributed by atoms with Crippen LogP contribution in [0.5, 0.6) is 0 Å². The zero-order valence-corrected chi connectivity index (χ0v) is 30.1. The molecule has 0 bridgehead atoms. The molecule has 0 aliphatic heterocycles. The molecule has 2 aromatic heterocycles. The van der Waals surface area contributed by atoms with E-state index in [-0.39, 0.29) is 0 Å². The number of rotatable bonds is 5. The molecule has 1 N–H and O–H groups in total. The van der Waals surface area contributed by atoms with E-state index in [4.69, 9.17) is 4.42 Å². The van der Waals surface area contributed by atoms with Gasteiger partial charge >= 0.3 is 0 Å². The number of fused-ring (bicyclic) bond motifs is 7. The van der Waals surface area contributed by atoms with E-state index in [9.17, 15) is 0 Å². The number of anilines is 2. The molecule has 0 amide bonds. The Kier molecular flexibility index (Phi) is 8.16. The van der Waals surface area contributed by atoms with E-state index >= 15 is 0 Å². The lowest BCUT2D eigenvalue weighted by Gasteiger charge is -2.10. The molecule has 3 nitrogen and oxygen atoms in total. The summed E-state index contributed by atoms with van der Waals surface area (Å²) in [6, 6.07) is 74.6. The van der Waals surface area contributed by atoms with Gasteiger partial charge in [0.05, 0.1) is 11.0 Å². The molecule has 3 heteroatoms.